The number of halogens is 1. The largest absolute Gasteiger partial charge is 0.492 e. The number of rotatable bonds is 8. The van der Waals surface area contributed by atoms with Crippen molar-refractivity contribution >= 4 is 45.4 Å². The molecule has 0 aromatic heterocycles. The van der Waals surface area contributed by atoms with Crippen LogP contribution in [0, 0.1) is 0 Å². The van der Waals surface area contributed by atoms with Gasteiger partial charge in [-0.3, -0.25) is 4.79 Å². The fourth-order valence-electron chi connectivity index (χ4n) is 3.07. The van der Waals surface area contributed by atoms with Gasteiger partial charge >= 0.3 is 0 Å². The molecular weight excluding hydrogens is 448 g/mol. The molecule has 29 heavy (non-hydrogen) atoms. The van der Waals surface area contributed by atoms with E-state index in [0.717, 1.165) is 33.5 Å². The summed E-state index contributed by atoms with van der Waals surface area (Å²) < 4.78 is 6.63. The molecule has 2 aromatic rings. The lowest BCUT2D eigenvalue weighted by Crippen LogP contribution is -2.30. The number of aryl methyl sites for hydroxylation is 1. The first kappa shape index (κ1) is 21.5. The average molecular weight is 473 g/mol. The number of benzene rings is 2. The third-order valence-electron chi connectivity index (χ3n) is 4.48. The molecule has 2 aromatic carbocycles. The van der Waals surface area contributed by atoms with E-state index < -0.39 is 0 Å². The Morgan fingerprint density at radius 3 is 2.69 bits per heavy atom. The Bertz CT molecular complexity index is 925. The predicted molar refractivity (Wildman–Crippen MR) is 126 cm³/mol. The van der Waals surface area contributed by atoms with Crippen molar-refractivity contribution in [2.24, 2.45) is 0 Å². The number of ether oxygens (including phenoxy) is 1. The summed E-state index contributed by atoms with van der Waals surface area (Å²) in [6.45, 7) is 8.51. The zero-order chi connectivity index (χ0) is 20.8. The Morgan fingerprint density at radius 1 is 1.28 bits per heavy atom. The van der Waals surface area contributed by atoms with E-state index >= 15 is 0 Å². The van der Waals surface area contributed by atoms with Crippen LogP contribution < -0.4 is 15.4 Å². The maximum Gasteiger partial charge on any atom is 0.260 e. The number of allylic oxidation sites excluding steroid dienone is 1. The van der Waals surface area contributed by atoms with Crippen LogP contribution in [0.3, 0.4) is 0 Å². The number of anilines is 1. The second-order valence-corrected chi connectivity index (χ2v) is 8.59. The van der Waals surface area contributed by atoms with Gasteiger partial charge in [0.15, 0.2) is 5.50 Å². The molecule has 0 aliphatic carbocycles. The fraction of sp³-hybridized carbons (Fsp3) is 0.261. The van der Waals surface area contributed by atoms with Gasteiger partial charge in [0.05, 0.1) is 16.0 Å². The van der Waals surface area contributed by atoms with Crippen LogP contribution in [0.4, 0.5) is 5.69 Å². The van der Waals surface area contributed by atoms with Crippen LogP contribution in [0.1, 0.15) is 30.5 Å². The van der Waals surface area contributed by atoms with E-state index in [4.69, 9.17) is 4.74 Å². The van der Waals surface area contributed by atoms with Crippen molar-refractivity contribution in [3.63, 3.8) is 0 Å². The zero-order valence-corrected chi connectivity index (χ0v) is 19.0. The highest BCUT2D eigenvalue weighted by Gasteiger charge is 2.27. The third kappa shape index (κ3) is 5.46. The van der Waals surface area contributed by atoms with Gasteiger partial charge in [0, 0.05) is 5.69 Å². The Balaban J connectivity index is 1.77. The van der Waals surface area contributed by atoms with Gasteiger partial charge in [-0.15, -0.1) is 6.58 Å². The molecule has 152 valence electrons. The average Bonchev–Trinajstić information content (AvgIpc) is 3.04. The molecule has 1 fully saturated rings. The smallest absolute Gasteiger partial charge is 0.260 e. The van der Waals surface area contributed by atoms with Crippen molar-refractivity contribution in [2.75, 3.05) is 11.9 Å². The molecule has 0 unspecified atom stereocenters. The summed E-state index contributed by atoms with van der Waals surface area (Å²) in [6.07, 6.45) is 5.47. The standard InChI is InChI=1S/C23H25BrN2O2S/c1-4-7-17-12-16(13-19(24)21(17)28-6-3)14-20-22(27)26-23(29-20)25-18-10-8-15(5-2)9-11-18/h4,8-14,23,25H,1,5-7H2,2-3H3,(H,26,27)/b20-14-/t23-/m1/s1. The number of hydrogen-bond donors (Lipinski definition) is 2. The molecule has 6 heteroatoms. The normalized spacial score (nSPS) is 17.3. The molecule has 1 heterocycles. The highest BCUT2D eigenvalue weighted by molar-refractivity contribution is 9.10. The van der Waals surface area contributed by atoms with E-state index in [-0.39, 0.29) is 11.4 Å². The molecule has 4 nitrogen and oxygen atoms in total. The molecule has 1 saturated heterocycles. The summed E-state index contributed by atoms with van der Waals surface area (Å²) in [4.78, 5) is 13.1. The van der Waals surface area contributed by atoms with Crippen molar-refractivity contribution in [3.05, 3.63) is 75.1 Å². The summed E-state index contributed by atoms with van der Waals surface area (Å²) in [6, 6.07) is 12.3. The highest BCUT2D eigenvalue weighted by Crippen LogP contribution is 2.35. The van der Waals surface area contributed by atoms with E-state index in [9.17, 15) is 4.79 Å². The first-order valence-corrected chi connectivity index (χ1v) is 11.3. The van der Waals surface area contributed by atoms with Crippen LogP contribution in [0.5, 0.6) is 5.75 Å². The van der Waals surface area contributed by atoms with Crippen molar-refractivity contribution in [1.82, 2.24) is 5.32 Å². The van der Waals surface area contributed by atoms with Crippen LogP contribution in [0.2, 0.25) is 0 Å². The van der Waals surface area contributed by atoms with Crippen molar-refractivity contribution in [1.29, 1.82) is 0 Å². The number of hydrogen-bond acceptors (Lipinski definition) is 4. The second kappa shape index (κ2) is 10.0. The van der Waals surface area contributed by atoms with Gasteiger partial charge in [0.2, 0.25) is 0 Å². The van der Waals surface area contributed by atoms with Crippen LogP contribution in [-0.2, 0) is 17.6 Å². The summed E-state index contributed by atoms with van der Waals surface area (Å²) in [5, 5.41) is 6.33. The van der Waals surface area contributed by atoms with Crippen LogP contribution in [-0.4, -0.2) is 18.0 Å². The Hall–Kier alpha value is -2.18. The molecule has 0 saturated carbocycles. The van der Waals surface area contributed by atoms with Crippen LogP contribution in [0.15, 0.2) is 58.4 Å². The van der Waals surface area contributed by atoms with Crippen molar-refractivity contribution in [2.45, 2.75) is 32.2 Å². The molecule has 1 aliphatic rings. The summed E-state index contributed by atoms with van der Waals surface area (Å²) in [5.74, 6) is 0.751. The molecule has 3 rings (SSSR count). The molecular formula is C23H25BrN2O2S. The molecule has 0 bridgehead atoms. The van der Waals surface area contributed by atoms with Crippen molar-refractivity contribution in [3.8, 4) is 5.75 Å². The minimum absolute atomic E-state index is 0.0760. The third-order valence-corrected chi connectivity index (χ3v) is 6.10. The van der Waals surface area contributed by atoms with Crippen LogP contribution in [0.25, 0.3) is 6.08 Å². The van der Waals surface area contributed by atoms with Gasteiger partial charge in [0.25, 0.3) is 5.91 Å². The number of amides is 1. The molecule has 1 amide bonds. The number of carbonyl (C=O) groups excluding carboxylic acids is 1. The van der Waals surface area contributed by atoms with E-state index in [2.05, 4.69) is 52.2 Å². The van der Waals surface area contributed by atoms with Gasteiger partial charge in [0.1, 0.15) is 5.75 Å². The van der Waals surface area contributed by atoms with Gasteiger partial charge < -0.3 is 15.4 Å². The lowest BCUT2D eigenvalue weighted by Gasteiger charge is -2.13. The molecule has 2 N–H and O–H groups in total. The Kier molecular flexibility index (Phi) is 7.45. The van der Waals surface area contributed by atoms with E-state index in [1.165, 1.54) is 17.3 Å². The summed E-state index contributed by atoms with van der Waals surface area (Å²) in [7, 11) is 0. The van der Waals surface area contributed by atoms with E-state index in [1.807, 2.05) is 43.3 Å². The van der Waals surface area contributed by atoms with Crippen molar-refractivity contribution < 1.29 is 9.53 Å². The van der Waals surface area contributed by atoms with Gasteiger partial charge in [-0.05, 0) is 82.7 Å². The number of carbonyl (C=O) groups is 1. The summed E-state index contributed by atoms with van der Waals surface area (Å²) >= 11 is 5.07. The topological polar surface area (TPSA) is 50.4 Å². The second-order valence-electron chi connectivity index (χ2n) is 6.59. The van der Waals surface area contributed by atoms with E-state index in [0.29, 0.717) is 17.9 Å². The lowest BCUT2D eigenvalue weighted by atomic mass is 10.1. The quantitative estimate of drug-likeness (QED) is 0.379. The maximum atomic E-state index is 12.5. The Morgan fingerprint density at radius 2 is 2.03 bits per heavy atom. The summed E-state index contributed by atoms with van der Waals surface area (Å²) in [5.41, 5.74) is 4.06. The molecule has 1 atom stereocenters. The minimum atomic E-state index is -0.194. The Labute approximate surface area is 184 Å². The predicted octanol–water partition coefficient (Wildman–Crippen LogP) is 5.74. The van der Waals surface area contributed by atoms with Gasteiger partial charge in [-0.2, -0.15) is 0 Å². The molecule has 0 spiro atoms. The van der Waals surface area contributed by atoms with Gasteiger partial charge in [-0.25, -0.2) is 0 Å². The molecule has 0 radical (unpaired) electrons. The first-order valence-electron chi connectivity index (χ1n) is 9.64. The SMILES string of the molecule is C=CCc1cc(/C=C2\S[C@H](Nc3ccc(CC)cc3)NC2=O)cc(Br)c1OCC. The van der Waals surface area contributed by atoms with Crippen LogP contribution >= 0.6 is 27.7 Å². The van der Waals surface area contributed by atoms with E-state index in [1.54, 1.807) is 0 Å². The zero-order valence-electron chi connectivity index (χ0n) is 16.6. The highest BCUT2D eigenvalue weighted by atomic mass is 79.9. The maximum absolute atomic E-state index is 12.5. The minimum Gasteiger partial charge on any atom is -0.492 e. The number of nitrogens with one attached hydrogen (secondary N) is 2. The fourth-order valence-corrected chi connectivity index (χ4v) is 4.69. The number of thioether (sulfide) groups is 1. The van der Waals surface area contributed by atoms with Gasteiger partial charge in [-0.1, -0.05) is 36.9 Å². The monoisotopic (exact) mass is 472 g/mol. The first-order chi connectivity index (χ1) is 14.0. The lowest BCUT2D eigenvalue weighted by molar-refractivity contribution is -0.116. The molecule has 1 aliphatic heterocycles.